The van der Waals surface area contributed by atoms with Crippen LogP contribution in [0.1, 0.15) is 31.2 Å². The number of benzene rings is 2. The highest BCUT2D eigenvalue weighted by molar-refractivity contribution is 7.89. The molecule has 1 aliphatic carbocycles. The maximum absolute atomic E-state index is 13.3. The molecule has 0 atom stereocenters. The van der Waals surface area contributed by atoms with Gasteiger partial charge in [0, 0.05) is 6.04 Å². The first-order valence-electron chi connectivity index (χ1n) is 9.93. The standard InChI is InChI=1S/C22H27NO6S/c1-28-20-11-13-21(14-12-20)30(26,27)23(18-7-9-19(24)10-8-18)15-22(25)29-16-17-5-3-2-4-6-17/h2-6,11-14,18-19,24H,7-10,15-16H2,1H3. The number of hydrogen-bond acceptors (Lipinski definition) is 6. The summed E-state index contributed by atoms with van der Waals surface area (Å²) in [7, 11) is -2.42. The number of carbonyl (C=O) groups excluding carboxylic acids is 1. The summed E-state index contributed by atoms with van der Waals surface area (Å²) in [6.07, 6.45) is 1.54. The second-order valence-corrected chi connectivity index (χ2v) is 9.22. The summed E-state index contributed by atoms with van der Waals surface area (Å²) in [6, 6.07) is 14.9. The Kier molecular flexibility index (Phi) is 7.47. The molecule has 7 nitrogen and oxygen atoms in total. The highest BCUT2D eigenvalue weighted by atomic mass is 32.2. The minimum atomic E-state index is -3.93. The van der Waals surface area contributed by atoms with E-state index in [2.05, 4.69) is 0 Å². The average molecular weight is 434 g/mol. The molecule has 0 radical (unpaired) electrons. The van der Waals surface area contributed by atoms with Crippen LogP contribution in [0.2, 0.25) is 0 Å². The third-order valence-corrected chi connectivity index (χ3v) is 7.18. The summed E-state index contributed by atoms with van der Waals surface area (Å²) in [4.78, 5) is 12.6. The van der Waals surface area contributed by atoms with Gasteiger partial charge < -0.3 is 14.6 Å². The largest absolute Gasteiger partial charge is 0.497 e. The van der Waals surface area contributed by atoms with E-state index in [0.29, 0.717) is 31.4 Å². The number of esters is 1. The fourth-order valence-corrected chi connectivity index (χ4v) is 5.18. The topological polar surface area (TPSA) is 93.1 Å². The number of aliphatic hydroxyl groups excluding tert-OH is 1. The second kappa shape index (κ2) is 10.1. The van der Waals surface area contributed by atoms with E-state index in [-0.39, 0.29) is 24.1 Å². The Hall–Kier alpha value is -2.42. The van der Waals surface area contributed by atoms with Crippen LogP contribution in [-0.4, -0.2) is 49.6 Å². The molecule has 0 amide bonds. The molecular formula is C22H27NO6S. The van der Waals surface area contributed by atoms with Crippen LogP contribution in [0, 0.1) is 0 Å². The van der Waals surface area contributed by atoms with Crippen molar-refractivity contribution < 1.29 is 27.8 Å². The Morgan fingerprint density at radius 3 is 2.27 bits per heavy atom. The van der Waals surface area contributed by atoms with Gasteiger partial charge in [-0.1, -0.05) is 30.3 Å². The lowest BCUT2D eigenvalue weighted by Gasteiger charge is -2.34. The summed E-state index contributed by atoms with van der Waals surface area (Å²) >= 11 is 0. The highest BCUT2D eigenvalue weighted by Crippen LogP contribution is 2.29. The van der Waals surface area contributed by atoms with E-state index < -0.39 is 22.1 Å². The van der Waals surface area contributed by atoms with Crippen molar-refractivity contribution in [2.45, 2.75) is 49.3 Å². The number of nitrogens with zero attached hydrogens (tertiary/aromatic N) is 1. The molecule has 0 spiro atoms. The molecule has 0 aromatic heterocycles. The maximum atomic E-state index is 13.3. The number of sulfonamides is 1. The monoisotopic (exact) mass is 433 g/mol. The van der Waals surface area contributed by atoms with Crippen LogP contribution in [0.15, 0.2) is 59.5 Å². The summed E-state index contributed by atoms with van der Waals surface area (Å²) in [6.45, 7) is -0.290. The molecule has 0 unspecified atom stereocenters. The zero-order valence-electron chi connectivity index (χ0n) is 16.9. The Balaban J connectivity index is 1.77. The van der Waals surface area contributed by atoms with Gasteiger partial charge in [0.15, 0.2) is 0 Å². The number of aliphatic hydroxyl groups is 1. The first kappa shape index (κ1) is 22.3. The molecule has 1 fully saturated rings. The van der Waals surface area contributed by atoms with Gasteiger partial charge >= 0.3 is 5.97 Å². The van der Waals surface area contributed by atoms with Crippen molar-refractivity contribution in [3.63, 3.8) is 0 Å². The number of hydrogen-bond donors (Lipinski definition) is 1. The molecule has 2 aromatic rings. The third-order valence-electron chi connectivity index (χ3n) is 5.27. The van der Waals surface area contributed by atoms with Gasteiger partial charge in [-0.25, -0.2) is 8.42 Å². The highest BCUT2D eigenvalue weighted by Gasteiger charge is 2.35. The van der Waals surface area contributed by atoms with Gasteiger partial charge in [0.25, 0.3) is 0 Å². The van der Waals surface area contributed by atoms with Crippen molar-refractivity contribution >= 4 is 16.0 Å². The number of ether oxygens (including phenoxy) is 2. The predicted octanol–water partition coefficient (Wildman–Crippen LogP) is 2.73. The van der Waals surface area contributed by atoms with Crippen LogP contribution >= 0.6 is 0 Å². The predicted molar refractivity (Wildman–Crippen MR) is 111 cm³/mol. The van der Waals surface area contributed by atoms with Crippen LogP contribution in [0.3, 0.4) is 0 Å². The van der Waals surface area contributed by atoms with Crippen molar-refractivity contribution in [3.05, 3.63) is 60.2 Å². The van der Waals surface area contributed by atoms with Gasteiger partial charge in [-0.15, -0.1) is 0 Å². The van der Waals surface area contributed by atoms with Gasteiger partial charge in [-0.05, 0) is 55.5 Å². The molecule has 0 aliphatic heterocycles. The molecule has 3 rings (SSSR count). The van der Waals surface area contributed by atoms with Gasteiger partial charge in [-0.3, -0.25) is 4.79 Å². The fourth-order valence-electron chi connectivity index (χ4n) is 3.55. The van der Waals surface area contributed by atoms with Crippen LogP contribution in [-0.2, 0) is 26.2 Å². The van der Waals surface area contributed by atoms with E-state index in [1.807, 2.05) is 30.3 Å². The molecule has 0 saturated heterocycles. The first-order chi connectivity index (χ1) is 14.4. The van der Waals surface area contributed by atoms with Crippen molar-refractivity contribution in [3.8, 4) is 5.75 Å². The van der Waals surface area contributed by atoms with E-state index >= 15 is 0 Å². The van der Waals surface area contributed by atoms with E-state index in [1.54, 1.807) is 12.1 Å². The normalized spacial score (nSPS) is 19.4. The lowest BCUT2D eigenvalue weighted by molar-refractivity contribution is -0.145. The van der Waals surface area contributed by atoms with E-state index in [4.69, 9.17) is 9.47 Å². The molecule has 2 aromatic carbocycles. The molecule has 0 bridgehead atoms. The maximum Gasteiger partial charge on any atom is 0.321 e. The Morgan fingerprint density at radius 1 is 1.03 bits per heavy atom. The van der Waals surface area contributed by atoms with Crippen LogP contribution < -0.4 is 4.74 Å². The molecule has 1 aliphatic rings. The number of methoxy groups -OCH3 is 1. The summed E-state index contributed by atoms with van der Waals surface area (Å²) in [5.74, 6) is -0.0642. The average Bonchev–Trinajstić information content (AvgIpc) is 2.77. The molecule has 30 heavy (non-hydrogen) atoms. The van der Waals surface area contributed by atoms with Crippen molar-refractivity contribution in [2.24, 2.45) is 0 Å². The number of rotatable bonds is 8. The van der Waals surface area contributed by atoms with Gasteiger partial charge in [0.2, 0.25) is 10.0 Å². The minimum Gasteiger partial charge on any atom is -0.497 e. The second-order valence-electron chi connectivity index (χ2n) is 7.33. The van der Waals surface area contributed by atoms with Crippen molar-refractivity contribution in [1.82, 2.24) is 4.31 Å². The van der Waals surface area contributed by atoms with E-state index in [9.17, 15) is 18.3 Å². The smallest absolute Gasteiger partial charge is 0.321 e. The van der Waals surface area contributed by atoms with Crippen LogP contribution in [0.25, 0.3) is 0 Å². The van der Waals surface area contributed by atoms with Gasteiger partial charge in [-0.2, -0.15) is 4.31 Å². The lowest BCUT2D eigenvalue weighted by Crippen LogP contribution is -2.45. The van der Waals surface area contributed by atoms with Crippen molar-refractivity contribution in [1.29, 1.82) is 0 Å². The summed E-state index contributed by atoms with van der Waals surface area (Å²) < 4.78 is 38.3. The third kappa shape index (κ3) is 5.59. The van der Waals surface area contributed by atoms with Gasteiger partial charge in [0.05, 0.1) is 18.1 Å². The summed E-state index contributed by atoms with van der Waals surface area (Å²) in [5, 5.41) is 9.80. The molecule has 8 heteroatoms. The zero-order valence-corrected chi connectivity index (χ0v) is 17.8. The fraction of sp³-hybridized carbons (Fsp3) is 0.409. The lowest BCUT2D eigenvalue weighted by atomic mass is 9.93. The first-order valence-corrected chi connectivity index (χ1v) is 11.4. The van der Waals surface area contributed by atoms with Crippen LogP contribution in [0.5, 0.6) is 5.75 Å². The summed E-state index contributed by atoms with van der Waals surface area (Å²) in [5.41, 5.74) is 0.830. The quantitative estimate of drug-likeness (QED) is 0.644. The van der Waals surface area contributed by atoms with Crippen LogP contribution in [0.4, 0.5) is 0 Å². The van der Waals surface area contributed by atoms with E-state index in [0.717, 1.165) is 5.56 Å². The molecule has 1 N–H and O–H groups in total. The molecule has 1 saturated carbocycles. The zero-order chi connectivity index (χ0) is 21.6. The molecule has 162 valence electrons. The molecular weight excluding hydrogens is 406 g/mol. The molecule has 0 heterocycles. The van der Waals surface area contributed by atoms with Gasteiger partial charge in [0.1, 0.15) is 18.9 Å². The number of carbonyl (C=O) groups is 1. The van der Waals surface area contributed by atoms with Crippen molar-refractivity contribution in [2.75, 3.05) is 13.7 Å². The Morgan fingerprint density at radius 2 is 1.67 bits per heavy atom. The minimum absolute atomic E-state index is 0.0828. The SMILES string of the molecule is COc1ccc(S(=O)(=O)N(CC(=O)OCc2ccccc2)C2CCC(O)CC2)cc1. The Labute approximate surface area is 177 Å². The Bertz CT molecular complexity index is 922. The van der Waals surface area contributed by atoms with E-state index in [1.165, 1.54) is 23.5 Å².